The van der Waals surface area contributed by atoms with Crippen LogP contribution in [0, 0.1) is 12.8 Å². The Kier molecular flexibility index (Phi) is 4.04. The van der Waals surface area contributed by atoms with Gasteiger partial charge in [0.05, 0.1) is 6.04 Å². The summed E-state index contributed by atoms with van der Waals surface area (Å²) < 4.78 is 0. The number of ketones is 1. The van der Waals surface area contributed by atoms with Gasteiger partial charge in [-0.3, -0.25) is 4.79 Å². The summed E-state index contributed by atoms with van der Waals surface area (Å²) in [5, 5.41) is 0. The molecule has 0 spiro atoms. The van der Waals surface area contributed by atoms with Gasteiger partial charge in [0.1, 0.15) is 0 Å². The van der Waals surface area contributed by atoms with Crippen LogP contribution in [0.1, 0.15) is 25.0 Å². The fourth-order valence-corrected chi connectivity index (χ4v) is 1.51. The summed E-state index contributed by atoms with van der Waals surface area (Å²) in [5.41, 5.74) is 8.19. The Morgan fingerprint density at radius 1 is 1.27 bits per heavy atom. The maximum atomic E-state index is 11.6. The first-order chi connectivity index (χ1) is 7.00. The van der Waals surface area contributed by atoms with Crippen LogP contribution in [-0.2, 0) is 11.2 Å². The smallest absolute Gasteiger partial charge is 0.152 e. The van der Waals surface area contributed by atoms with E-state index in [-0.39, 0.29) is 17.7 Å². The van der Waals surface area contributed by atoms with Crippen LogP contribution in [0.5, 0.6) is 0 Å². The van der Waals surface area contributed by atoms with Crippen LogP contribution in [0.2, 0.25) is 0 Å². The highest BCUT2D eigenvalue weighted by molar-refractivity contribution is 5.85. The number of hydrogen-bond acceptors (Lipinski definition) is 2. The molecule has 15 heavy (non-hydrogen) atoms. The SMILES string of the molecule is Cc1ccc(C[C@@H](N)C(=O)C(C)C)cc1. The first-order valence-electron chi connectivity index (χ1n) is 5.35. The van der Waals surface area contributed by atoms with E-state index in [4.69, 9.17) is 5.73 Å². The lowest BCUT2D eigenvalue weighted by atomic mass is 9.96. The third-order valence-electron chi connectivity index (χ3n) is 2.51. The average molecular weight is 205 g/mol. The van der Waals surface area contributed by atoms with Crippen LogP contribution >= 0.6 is 0 Å². The number of rotatable bonds is 4. The van der Waals surface area contributed by atoms with Crippen molar-refractivity contribution in [1.29, 1.82) is 0 Å². The van der Waals surface area contributed by atoms with E-state index in [0.717, 1.165) is 5.56 Å². The molecule has 0 fully saturated rings. The molecular weight excluding hydrogens is 186 g/mol. The molecule has 0 aliphatic heterocycles. The molecule has 2 N–H and O–H groups in total. The van der Waals surface area contributed by atoms with Crippen LogP contribution in [-0.4, -0.2) is 11.8 Å². The van der Waals surface area contributed by atoms with Crippen LogP contribution in [0.25, 0.3) is 0 Å². The van der Waals surface area contributed by atoms with Crippen molar-refractivity contribution in [2.75, 3.05) is 0 Å². The van der Waals surface area contributed by atoms with Crippen molar-refractivity contribution in [3.8, 4) is 0 Å². The lowest BCUT2D eigenvalue weighted by Crippen LogP contribution is -2.35. The minimum absolute atomic E-state index is 0.0189. The third kappa shape index (κ3) is 3.48. The van der Waals surface area contributed by atoms with Crippen molar-refractivity contribution in [2.24, 2.45) is 11.7 Å². The zero-order valence-corrected chi connectivity index (χ0v) is 9.66. The van der Waals surface area contributed by atoms with Crippen molar-refractivity contribution in [3.05, 3.63) is 35.4 Å². The number of aryl methyl sites for hydroxylation is 1. The van der Waals surface area contributed by atoms with E-state index in [1.165, 1.54) is 5.56 Å². The molecule has 0 amide bonds. The molecule has 2 heteroatoms. The lowest BCUT2D eigenvalue weighted by molar-refractivity contribution is -0.123. The average Bonchev–Trinajstić information content (AvgIpc) is 2.20. The van der Waals surface area contributed by atoms with Gasteiger partial charge in [0.2, 0.25) is 0 Å². The van der Waals surface area contributed by atoms with E-state index < -0.39 is 0 Å². The predicted molar refractivity (Wildman–Crippen MR) is 62.7 cm³/mol. The molecule has 0 saturated carbocycles. The van der Waals surface area contributed by atoms with Crippen LogP contribution < -0.4 is 5.73 Å². The monoisotopic (exact) mass is 205 g/mol. The number of carbonyl (C=O) groups is 1. The predicted octanol–water partition coefficient (Wildman–Crippen LogP) is 2.09. The van der Waals surface area contributed by atoms with Gasteiger partial charge in [0, 0.05) is 5.92 Å². The van der Waals surface area contributed by atoms with Gasteiger partial charge in [-0.25, -0.2) is 0 Å². The van der Waals surface area contributed by atoms with Gasteiger partial charge in [0.25, 0.3) is 0 Å². The standard InChI is InChI=1S/C13H19NO/c1-9(2)13(15)12(14)8-11-6-4-10(3)5-7-11/h4-7,9,12H,8,14H2,1-3H3/t12-/m1/s1. The molecule has 1 aromatic rings. The van der Waals surface area contributed by atoms with E-state index in [1.807, 2.05) is 45.0 Å². The summed E-state index contributed by atoms with van der Waals surface area (Å²) in [7, 11) is 0. The summed E-state index contributed by atoms with van der Waals surface area (Å²) >= 11 is 0. The molecule has 82 valence electrons. The third-order valence-corrected chi connectivity index (χ3v) is 2.51. The molecule has 0 aromatic heterocycles. The summed E-state index contributed by atoms with van der Waals surface area (Å²) in [6, 6.07) is 7.78. The van der Waals surface area contributed by atoms with Gasteiger partial charge in [-0.05, 0) is 18.9 Å². The van der Waals surface area contributed by atoms with E-state index in [2.05, 4.69) is 0 Å². The van der Waals surface area contributed by atoms with Crippen LogP contribution in [0.15, 0.2) is 24.3 Å². The van der Waals surface area contributed by atoms with Gasteiger partial charge < -0.3 is 5.73 Å². The van der Waals surface area contributed by atoms with Crippen molar-refractivity contribution < 1.29 is 4.79 Å². The molecule has 0 heterocycles. The van der Waals surface area contributed by atoms with E-state index in [9.17, 15) is 4.79 Å². The highest BCUT2D eigenvalue weighted by Crippen LogP contribution is 2.08. The molecule has 0 unspecified atom stereocenters. The number of hydrogen-bond donors (Lipinski definition) is 1. The highest BCUT2D eigenvalue weighted by atomic mass is 16.1. The molecule has 0 bridgehead atoms. The Morgan fingerprint density at radius 3 is 2.27 bits per heavy atom. The number of benzene rings is 1. The summed E-state index contributed by atoms with van der Waals surface area (Å²) in [4.78, 5) is 11.6. The molecular formula is C13H19NO. The van der Waals surface area contributed by atoms with Crippen molar-refractivity contribution in [3.63, 3.8) is 0 Å². The molecule has 0 aliphatic carbocycles. The quantitative estimate of drug-likeness (QED) is 0.818. The number of nitrogens with two attached hydrogens (primary N) is 1. The zero-order chi connectivity index (χ0) is 11.4. The normalized spacial score (nSPS) is 12.9. The Hall–Kier alpha value is -1.15. The Morgan fingerprint density at radius 2 is 1.80 bits per heavy atom. The van der Waals surface area contributed by atoms with Gasteiger partial charge in [-0.1, -0.05) is 43.7 Å². The molecule has 2 nitrogen and oxygen atoms in total. The maximum absolute atomic E-state index is 11.6. The molecule has 0 saturated heterocycles. The fourth-order valence-electron chi connectivity index (χ4n) is 1.51. The molecule has 1 rings (SSSR count). The summed E-state index contributed by atoms with van der Waals surface area (Å²) in [5.74, 6) is 0.154. The second-order valence-corrected chi connectivity index (χ2v) is 4.35. The van der Waals surface area contributed by atoms with Gasteiger partial charge >= 0.3 is 0 Å². The van der Waals surface area contributed by atoms with E-state index in [1.54, 1.807) is 0 Å². The Bertz CT molecular complexity index is 327. The Labute approximate surface area is 91.5 Å². The summed E-state index contributed by atoms with van der Waals surface area (Å²) in [6.07, 6.45) is 0.636. The van der Waals surface area contributed by atoms with Crippen LogP contribution in [0.4, 0.5) is 0 Å². The molecule has 1 atom stereocenters. The maximum Gasteiger partial charge on any atom is 0.152 e. The number of carbonyl (C=O) groups excluding carboxylic acids is 1. The second-order valence-electron chi connectivity index (χ2n) is 4.35. The number of Topliss-reactive ketones (excluding diaryl/α,β-unsaturated/α-hetero) is 1. The zero-order valence-electron chi connectivity index (χ0n) is 9.66. The van der Waals surface area contributed by atoms with Gasteiger partial charge in [0.15, 0.2) is 5.78 Å². The van der Waals surface area contributed by atoms with Gasteiger partial charge in [-0.15, -0.1) is 0 Å². The van der Waals surface area contributed by atoms with E-state index in [0.29, 0.717) is 6.42 Å². The highest BCUT2D eigenvalue weighted by Gasteiger charge is 2.16. The second kappa shape index (κ2) is 5.08. The first kappa shape index (κ1) is 11.9. The minimum Gasteiger partial charge on any atom is -0.321 e. The first-order valence-corrected chi connectivity index (χ1v) is 5.35. The summed E-state index contributed by atoms with van der Waals surface area (Å²) in [6.45, 7) is 5.82. The lowest BCUT2D eigenvalue weighted by Gasteiger charge is -2.13. The molecule has 0 aliphatic rings. The largest absolute Gasteiger partial charge is 0.321 e. The fraction of sp³-hybridized carbons (Fsp3) is 0.462. The topological polar surface area (TPSA) is 43.1 Å². The van der Waals surface area contributed by atoms with Gasteiger partial charge in [-0.2, -0.15) is 0 Å². The molecule has 0 radical (unpaired) electrons. The van der Waals surface area contributed by atoms with E-state index >= 15 is 0 Å². The Balaban J connectivity index is 2.62. The van der Waals surface area contributed by atoms with Crippen molar-refractivity contribution >= 4 is 5.78 Å². The van der Waals surface area contributed by atoms with Crippen molar-refractivity contribution in [2.45, 2.75) is 33.2 Å². The van der Waals surface area contributed by atoms with Crippen molar-refractivity contribution in [1.82, 2.24) is 0 Å². The van der Waals surface area contributed by atoms with Crippen LogP contribution in [0.3, 0.4) is 0 Å². The minimum atomic E-state index is -0.368. The molecule has 1 aromatic carbocycles.